The fourth-order valence-corrected chi connectivity index (χ4v) is 5.82. The number of anilines is 1. The predicted octanol–water partition coefficient (Wildman–Crippen LogP) is 5.19. The van der Waals surface area contributed by atoms with E-state index in [1.54, 1.807) is 19.2 Å². The van der Waals surface area contributed by atoms with Gasteiger partial charge in [-0.1, -0.05) is 48.0 Å². The van der Waals surface area contributed by atoms with Gasteiger partial charge >= 0.3 is 0 Å². The molecule has 3 aromatic carbocycles. The molecular formula is C29H37N3O3S. The van der Waals surface area contributed by atoms with Gasteiger partial charge in [0.15, 0.2) is 0 Å². The zero-order valence-corrected chi connectivity index (χ0v) is 22.4. The first-order valence-electron chi connectivity index (χ1n) is 12.6. The summed E-state index contributed by atoms with van der Waals surface area (Å²) >= 11 is 0. The summed E-state index contributed by atoms with van der Waals surface area (Å²) in [4.78, 5) is 0.275. The van der Waals surface area contributed by atoms with Gasteiger partial charge in [-0.05, 0) is 76.1 Å². The second-order valence-electron chi connectivity index (χ2n) is 9.72. The molecule has 1 aliphatic rings. The second-order valence-corrected chi connectivity index (χ2v) is 11.7. The SMILES string of the molecule is Cc1ccc(S(=O)(=O)N(C)c2ccc(OC(C)C)c(CN[C@H]3CCCN[C@H]3c3ccccc3)c2)cc1. The first kappa shape index (κ1) is 26.2. The van der Waals surface area contributed by atoms with Crippen LogP contribution in [0.2, 0.25) is 0 Å². The van der Waals surface area contributed by atoms with Gasteiger partial charge in [-0.25, -0.2) is 8.42 Å². The van der Waals surface area contributed by atoms with Gasteiger partial charge in [0.2, 0.25) is 0 Å². The van der Waals surface area contributed by atoms with Gasteiger partial charge in [0.1, 0.15) is 5.75 Å². The normalized spacial score (nSPS) is 18.2. The minimum Gasteiger partial charge on any atom is -0.491 e. The molecule has 0 spiro atoms. The van der Waals surface area contributed by atoms with E-state index in [4.69, 9.17) is 4.74 Å². The van der Waals surface area contributed by atoms with E-state index in [0.29, 0.717) is 12.2 Å². The molecule has 4 rings (SSSR count). The quantitative estimate of drug-likeness (QED) is 0.417. The van der Waals surface area contributed by atoms with Gasteiger partial charge in [-0.3, -0.25) is 4.31 Å². The Morgan fingerprint density at radius 2 is 1.78 bits per heavy atom. The molecule has 2 N–H and O–H groups in total. The fourth-order valence-electron chi connectivity index (χ4n) is 4.64. The Balaban J connectivity index is 1.59. The van der Waals surface area contributed by atoms with Crippen LogP contribution in [-0.2, 0) is 16.6 Å². The molecule has 7 heteroatoms. The maximum absolute atomic E-state index is 13.3. The highest BCUT2D eigenvalue weighted by Gasteiger charge is 2.27. The lowest BCUT2D eigenvalue weighted by Crippen LogP contribution is -2.45. The van der Waals surface area contributed by atoms with Gasteiger partial charge in [0, 0.05) is 31.2 Å². The van der Waals surface area contributed by atoms with Crippen molar-refractivity contribution in [2.45, 2.75) is 63.2 Å². The van der Waals surface area contributed by atoms with Crippen molar-refractivity contribution >= 4 is 15.7 Å². The summed E-state index contributed by atoms with van der Waals surface area (Å²) in [5, 5.41) is 7.39. The standard InChI is InChI=1S/C29H37N3O3S/c1-21(2)35-28-17-14-25(32(4)36(33,34)26-15-12-22(3)13-16-26)19-24(28)20-31-27-11-8-18-30-29(27)23-9-6-5-7-10-23/h5-7,9-10,12-17,19,21,27,29-31H,8,11,18,20H2,1-4H3/t27-,29-/m0/s1. The smallest absolute Gasteiger partial charge is 0.264 e. The van der Waals surface area contributed by atoms with E-state index in [2.05, 4.69) is 34.9 Å². The Hall–Kier alpha value is -2.87. The van der Waals surface area contributed by atoms with Gasteiger partial charge < -0.3 is 15.4 Å². The van der Waals surface area contributed by atoms with Crippen molar-refractivity contribution < 1.29 is 13.2 Å². The third-order valence-electron chi connectivity index (χ3n) is 6.62. The van der Waals surface area contributed by atoms with Crippen molar-refractivity contribution in [2.75, 3.05) is 17.9 Å². The Morgan fingerprint density at radius 1 is 1.06 bits per heavy atom. The van der Waals surface area contributed by atoms with Crippen LogP contribution in [-0.4, -0.2) is 34.2 Å². The van der Waals surface area contributed by atoms with Crippen molar-refractivity contribution in [1.82, 2.24) is 10.6 Å². The van der Waals surface area contributed by atoms with E-state index in [-0.39, 0.29) is 23.1 Å². The van der Waals surface area contributed by atoms with Crippen LogP contribution in [0.4, 0.5) is 5.69 Å². The number of nitrogens with zero attached hydrogens (tertiary/aromatic N) is 1. The topological polar surface area (TPSA) is 70.7 Å². The predicted molar refractivity (Wildman–Crippen MR) is 146 cm³/mol. The summed E-state index contributed by atoms with van der Waals surface area (Å²) in [6.07, 6.45) is 2.18. The number of rotatable bonds is 9. The Labute approximate surface area is 215 Å². The van der Waals surface area contributed by atoms with E-state index in [9.17, 15) is 8.42 Å². The third-order valence-corrected chi connectivity index (χ3v) is 8.42. The zero-order valence-electron chi connectivity index (χ0n) is 21.6. The van der Waals surface area contributed by atoms with Crippen molar-refractivity contribution in [1.29, 1.82) is 0 Å². The first-order chi connectivity index (χ1) is 17.3. The lowest BCUT2D eigenvalue weighted by molar-refractivity contribution is 0.238. The van der Waals surface area contributed by atoms with Gasteiger partial charge in [-0.2, -0.15) is 0 Å². The molecule has 36 heavy (non-hydrogen) atoms. The van der Waals surface area contributed by atoms with Crippen LogP contribution in [0.1, 0.15) is 49.4 Å². The summed E-state index contributed by atoms with van der Waals surface area (Å²) in [7, 11) is -2.08. The number of hydrogen-bond acceptors (Lipinski definition) is 5. The Kier molecular flexibility index (Phi) is 8.34. The maximum atomic E-state index is 13.3. The monoisotopic (exact) mass is 507 g/mol. The molecule has 0 amide bonds. The molecule has 1 heterocycles. The van der Waals surface area contributed by atoms with Gasteiger partial charge in [0.25, 0.3) is 10.0 Å². The lowest BCUT2D eigenvalue weighted by atomic mass is 9.92. The van der Waals surface area contributed by atoms with Crippen LogP contribution in [0.15, 0.2) is 77.7 Å². The highest BCUT2D eigenvalue weighted by molar-refractivity contribution is 7.92. The number of benzene rings is 3. The summed E-state index contributed by atoms with van der Waals surface area (Å²) in [6.45, 7) is 7.50. The van der Waals surface area contributed by atoms with Crippen molar-refractivity contribution in [3.05, 3.63) is 89.5 Å². The van der Waals surface area contributed by atoms with Crippen LogP contribution >= 0.6 is 0 Å². The summed E-state index contributed by atoms with van der Waals surface area (Å²) in [6, 6.07) is 23.5. The number of piperidine rings is 1. The van der Waals surface area contributed by atoms with Crippen molar-refractivity contribution in [3.8, 4) is 5.75 Å². The highest BCUT2D eigenvalue weighted by Crippen LogP contribution is 2.30. The first-order valence-corrected chi connectivity index (χ1v) is 14.1. The molecule has 0 radical (unpaired) electrons. The second kappa shape index (κ2) is 11.5. The summed E-state index contributed by atoms with van der Waals surface area (Å²) in [5.41, 5.74) is 3.83. The molecule has 1 saturated heterocycles. The molecule has 6 nitrogen and oxygen atoms in total. The van der Waals surface area contributed by atoms with E-state index in [0.717, 1.165) is 36.3 Å². The molecule has 0 unspecified atom stereocenters. The number of ether oxygens (including phenoxy) is 1. The fraction of sp³-hybridized carbons (Fsp3) is 0.379. The largest absolute Gasteiger partial charge is 0.491 e. The van der Waals surface area contributed by atoms with E-state index in [1.807, 2.05) is 57.2 Å². The Morgan fingerprint density at radius 3 is 2.47 bits per heavy atom. The molecule has 2 atom stereocenters. The molecule has 1 aliphatic heterocycles. The maximum Gasteiger partial charge on any atom is 0.264 e. The third kappa shape index (κ3) is 6.09. The van der Waals surface area contributed by atoms with Crippen LogP contribution in [0.25, 0.3) is 0 Å². The molecule has 0 saturated carbocycles. The van der Waals surface area contributed by atoms with E-state index >= 15 is 0 Å². The molecule has 3 aromatic rings. The minimum absolute atomic E-state index is 0.0111. The zero-order chi connectivity index (χ0) is 25.7. The van der Waals surface area contributed by atoms with Gasteiger partial charge in [0.05, 0.1) is 16.7 Å². The molecule has 0 aliphatic carbocycles. The Bertz CT molecular complexity index is 1240. The van der Waals surface area contributed by atoms with E-state index < -0.39 is 10.0 Å². The lowest BCUT2D eigenvalue weighted by Gasteiger charge is -2.34. The average molecular weight is 508 g/mol. The molecular weight excluding hydrogens is 470 g/mol. The number of nitrogens with one attached hydrogen (secondary N) is 2. The molecule has 0 bridgehead atoms. The molecule has 192 valence electrons. The average Bonchev–Trinajstić information content (AvgIpc) is 2.88. The van der Waals surface area contributed by atoms with Crippen LogP contribution < -0.4 is 19.7 Å². The number of hydrogen-bond donors (Lipinski definition) is 2. The van der Waals surface area contributed by atoms with Crippen LogP contribution in [0, 0.1) is 6.92 Å². The van der Waals surface area contributed by atoms with E-state index in [1.165, 1.54) is 9.87 Å². The molecule has 1 fully saturated rings. The number of sulfonamides is 1. The highest BCUT2D eigenvalue weighted by atomic mass is 32.2. The van der Waals surface area contributed by atoms with Crippen LogP contribution in [0.5, 0.6) is 5.75 Å². The summed E-state index contributed by atoms with van der Waals surface area (Å²) < 4.78 is 34.0. The number of aryl methyl sites for hydroxylation is 1. The summed E-state index contributed by atoms with van der Waals surface area (Å²) in [5.74, 6) is 0.766. The molecule has 0 aromatic heterocycles. The van der Waals surface area contributed by atoms with Crippen LogP contribution in [0.3, 0.4) is 0 Å². The van der Waals surface area contributed by atoms with Crippen molar-refractivity contribution in [3.63, 3.8) is 0 Å². The van der Waals surface area contributed by atoms with Gasteiger partial charge in [-0.15, -0.1) is 0 Å². The minimum atomic E-state index is -3.68. The van der Waals surface area contributed by atoms with Crippen molar-refractivity contribution in [2.24, 2.45) is 0 Å².